The lowest BCUT2D eigenvalue weighted by Crippen LogP contribution is -2.43. The topological polar surface area (TPSA) is 126 Å². The minimum Gasteiger partial charge on any atom is -0.461 e. The Balaban J connectivity index is 1.16. The third-order valence-electron chi connectivity index (χ3n) is 10.2. The van der Waals surface area contributed by atoms with E-state index < -0.39 is 52.6 Å². The number of anilines is 2. The first-order chi connectivity index (χ1) is 25.0. The molecular weight excluding hydrogens is 706 g/mol. The highest BCUT2D eigenvalue weighted by molar-refractivity contribution is 7.22. The number of thiazole rings is 1. The number of nitrogens with two attached hydrogens (primary N) is 1. The zero-order chi connectivity index (χ0) is 36.3. The summed E-state index contributed by atoms with van der Waals surface area (Å²) in [6, 6.07) is 4.98. The van der Waals surface area contributed by atoms with Crippen molar-refractivity contribution in [3.63, 3.8) is 0 Å². The van der Waals surface area contributed by atoms with Gasteiger partial charge in [0.05, 0.1) is 32.4 Å². The molecule has 0 bridgehead atoms. The van der Waals surface area contributed by atoms with Gasteiger partial charge in [-0.05, 0) is 37.9 Å². The number of alkyl halides is 1. The lowest BCUT2D eigenvalue weighted by molar-refractivity contribution is -0.127. The maximum absolute atomic E-state index is 16.7. The summed E-state index contributed by atoms with van der Waals surface area (Å²) in [5.74, 6) is -4.59. The largest absolute Gasteiger partial charge is 0.461 e. The molecule has 270 valence electrons. The van der Waals surface area contributed by atoms with Crippen LogP contribution in [-0.2, 0) is 4.79 Å². The average Bonchev–Trinajstić information content (AvgIpc) is 3.91. The Labute approximate surface area is 298 Å². The fraction of sp³-hybridized carbons (Fsp3) is 0.371. The van der Waals surface area contributed by atoms with Crippen molar-refractivity contribution in [3.8, 4) is 17.3 Å². The number of aromatic nitrogens is 5. The highest BCUT2D eigenvalue weighted by Gasteiger charge is 2.49. The van der Waals surface area contributed by atoms with Gasteiger partial charge in [0.25, 0.3) is 5.91 Å². The first kappa shape index (κ1) is 34.1. The number of nitrogen functional groups attached to an aromatic ring is 1. The minimum atomic E-state index is -1.09. The van der Waals surface area contributed by atoms with E-state index in [-0.39, 0.29) is 69.8 Å². The Hall–Kier alpha value is -5.03. The molecule has 1 amide bonds. The van der Waals surface area contributed by atoms with Crippen LogP contribution in [0.2, 0.25) is 0 Å². The molecule has 3 atom stereocenters. The van der Waals surface area contributed by atoms with Crippen LogP contribution in [0.15, 0.2) is 42.5 Å². The van der Waals surface area contributed by atoms with Gasteiger partial charge in [-0.3, -0.25) is 19.7 Å². The van der Waals surface area contributed by atoms with E-state index in [4.69, 9.17) is 10.5 Å². The second-order valence-electron chi connectivity index (χ2n) is 13.4. The molecular formula is C35H32F5N9O2S. The molecule has 3 aliphatic heterocycles. The van der Waals surface area contributed by atoms with Crippen LogP contribution in [0, 0.1) is 17.5 Å². The molecule has 0 radical (unpaired) electrons. The van der Waals surface area contributed by atoms with E-state index in [2.05, 4.69) is 29.8 Å². The van der Waals surface area contributed by atoms with Gasteiger partial charge in [0, 0.05) is 63.7 Å². The number of carbonyl (C=O) groups is 1. The van der Waals surface area contributed by atoms with Gasteiger partial charge in [0.15, 0.2) is 16.8 Å². The summed E-state index contributed by atoms with van der Waals surface area (Å²) in [5.41, 5.74) is 4.26. The number of amides is 1. The number of benzene rings is 1. The summed E-state index contributed by atoms with van der Waals surface area (Å²) in [4.78, 5) is 39.6. The van der Waals surface area contributed by atoms with Crippen LogP contribution in [0.1, 0.15) is 31.4 Å². The van der Waals surface area contributed by atoms with Gasteiger partial charge in [-0.2, -0.15) is 9.97 Å². The summed E-state index contributed by atoms with van der Waals surface area (Å²) in [7, 11) is 1.69. The third-order valence-corrected chi connectivity index (χ3v) is 11.1. The van der Waals surface area contributed by atoms with Gasteiger partial charge < -0.3 is 20.3 Å². The smallest absolute Gasteiger partial charge is 0.319 e. The second kappa shape index (κ2) is 13.2. The van der Waals surface area contributed by atoms with Crippen molar-refractivity contribution in [3.05, 3.63) is 65.6 Å². The molecule has 1 aromatic carbocycles. The normalized spacial score (nSPS) is 22.1. The Morgan fingerprint density at radius 3 is 2.79 bits per heavy atom. The van der Waals surface area contributed by atoms with E-state index in [1.807, 2.05) is 0 Å². The van der Waals surface area contributed by atoms with Crippen LogP contribution in [-0.4, -0.2) is 98.2 Å². The SMILES string of the molecule is CN(c1nc(OC[C@@]23CCCN2C[C@H](F)C3)nc2c(F)c(-c3c(F)cc(F)c4sc(N)nc34)ncc12)[C@@H]1CCN(C(=O)/C(F)=C/c2ccccn2)C1. The first-order valence-corrected chi connectivity index (χ1v) is 17.6. The number of carbonyl (C=O) groups excluding carboxylic acids is 1. The van der Waals surface area contributed by atoms with E-state index in [0.29, 0.717) is 31.1 Å². The van der Waals surface area contributed by atoms with Gasteiger partial charge in [0.1, 0.15) is 41.4 Å². The fourth-order valence-corrected chi connectivity index (χ4v) is 8.40. The molecule has 17 heteroatoms. The van der Waals surface area contributed by atoms with Gasteiger partial charge in [-0.1, -0.05) is 17.4 Å². The molecule has 0 saturated carbocycles. The number of hydrogen-bond donors (Lipinski definition) is 1. The minimum absolute atomic E-state index is 0.0391. The number of likely N-dealkylation sites (N-methyl/N-ethyl adjacent to an activating group) is 1. The second-order valence-corrected chi connectivity index (χ2v) is 14.4. The molecule has 2 N–H and O–H groups in total. The average molecular weight is 738 g/mol. The van der Waals surface area contributed by atoms with Gasteiger partial charge in [-0.15, -0.1) is 0 Å². The molecule has 3 fully saturated rings. The quantitative estimate of drug-likeness (QED) is 0.157. The van der Waals surface area contributed by atoms with Crippen molar-refractivity contribution in [2.24, 2.45) is 0 Å². The lowest BCUT2D eigenvalue weighted by atomic mass is 9.95. The van der Waals surface area contributed by atoms with Crippen LogP contribution in [0.25, 0.3) is 38.5 Å². The number of fused-ring (bicyclic) bond motifs is 3. The number of halogens is 5. The van der Waals surface area contributed by atoms with Crippen LogP contribution in [0.5, 0.6) is 6.01 Å². The van der Waals surface area contributed by atoms with Crippen LogP contribution >= 0.6 is 11.3 Å². The van der Waals surface area contributed by atoms with Crippen molar-refractivity contribution >= 4 is 55.4 Å². The van der Waals surface area contributed by atoms with Crippen LogP contribution in [0.4, 0.5) is 32.9 Å². The van der Waals surface area contributed by atoms with Crippen molar-refractivity contribution in [1.29, 1.82) is 0 Å². The van der Waals surface area contributed by atoms with E-state index in [0.717, 1.165) is 30.4 Å². The summed E-state index contributed by atoms with van der Waals surface area (Å²) in [6.07, 6.45) is 5.14. The summed E-state index contributed by atoms with van der Waals surface area (Å²) >= 11 is 0.792. The van der Waals surface area contributed by atoms with E-state index in [9.17, 15) is 18.0 Å². The lowest BCUT2D eigenvalue weighted by Gasteiger charge is -2.31. The van der Waals surface area contributed by atoms with E-state index >= 15 is 8.78 Å². The van der Waals surface area contributed by atoms with Gasteiger partial charge >= 0.3 is 6.01 Å². The molecule has 0 unspecified atom stereocenters. The number of ether oxygens (including phenoxy) is 1. The molecule has 52 heavy (non-hydrogen) atoms. The van der Waals surface area contributed by atoms with Crippen molar-refractivity contribution in [2.75, 3.05) is 50.5 Å². The molecule has 5 aromatic rings. The number of hydrogen-bond acceptors (Lipinski definition) is 11. The molecule has 8 rings (SSSR count). The predicted octanol–water partition coefficient (Wildman–Crippen LogP) is 5.70. The molecule has 4 aromatic heterocycles. The third kappa shape index (κ3) is 5.94. The van der Waals surface area contributed by atoms with Gasteiger partial charge in [-0.25, -0.2) is 26.9 Å². The predicted molar refractivity (Wildman–Crippen MR) is 185 cm³/mol. The molecule has 3 saturated heterocycles. The Bertz CT molecular complexity index is 2240. The van der Waals surface area contributed by atoms with E-state index in [1.165, 1.54) is 17.3 Å². The summed E-state index contributed by atoms with van der Waals surface area (Å²) in [6.45, 7) is 1.44. The highest BCUT2D eigenvalue weighted by atomic mass is 32.1. The summed E-state index contributed by atoms with van der Waals surface area (Å²) in [5, 5.41) is 0.104. The number of nitrogens with zero attached hydrogens (tertiary/aromatic N) is 8. The van der Waals surface area contributed by atoms with Crippen LogP contribution in [0.3, 0.4) is 0 Å². The molecule has 3 aliphatic rings. The van der Waals surface area contributed by atoms with E-state index in [1.54, 1.807) is 30.1 Å². The van der Waals surface area contributed by atoms with Gasteiger partial charge in [0.2, 0.25) is 0 Å². The molecule has 0 aliphatic carbocycles. The zero-order valence-electron chi connectivity index (χ0n) is 27.8. The Morgan fingerprint density at radius 1 is 1.13 bits per heavy atom. The number of likely N-dealkylation sites (tertiary alicyclic amines) is 1. The van der Waals surface area contributed by atoms with Crippen molar-refractivity contribution in [2.45, 2.75) is 43.4 Å². The monoisotopic (exact) mass is 737 g/mol. The zero-order valence-corrected chi connectivity index (χ0v) is 28.6. The Kier molecular flexibility index (Phi) is 8.64. The maximum atomic E-state index is 16.7. The summed E-state index contributed by atoms with van der Waals surface area (Å²) < 4.78 is 82.3. The molecule has 11 nitrogen and oxygen atoms in total. The van der Waals surface area contributed by atoms with Crippen LogP contribution < -0.4 is 15.4 Å². The number of rotatable bonds is 8. The maximum Gasteiger partial charge on any atom is 0.319 e. The molecule has 7 heterocycles. The number of pyridine rings is 2. The molecule has 0 spiro atoms. The Morgan fingerprint density at radius 2 is 1.98 bits per heavy atom. The fourth-order valence-electron chi connectivity index (χ4n) is 7.65. The van der Waals surface area contributed by atoms with Crippen molar-refractivity contribution < 1.29 is 31.5 Å². The highest BCUT2D eigenvalue weighted by Crippen LogP contribution is 2.42. The van der Waals surface area contributed by atoms with Crippen molar-refractivity contribution in [1.82, 2.24) is 34.7 Å². The first-order valence-electron chi connectivity index (χ1n) is 16.7. The standard InChI is InChI=1S/C35H32F5N9O2S/c1-47(20-6-10-48(16-20)32(50)24(39)11-19-5-2-3-8-42-19)31-21-14-43-28(25-22(37)12-23(38)30-29(25)44-33(41)52-30)26(40)27(21)45-34(46-31)51-17-35-7-4-9-49(35)15-18(36)13-35/h2-3,5,8,11-12,14,18,20H,4,6-7,9-10,13,15-17H2,1H3,(H2,41,44)/b24-11-/t18-,20-,35+/m1/s1.